The fourth-order valence-corrected chi connectivity index (χ4v) is 1.57. The lowest BCUT2D eigenvalue weighted by molar-refractivity contribution is -0.385. The Morgan fingerprint density at radius 3 is 2.77 bits per heavy atom. The van der Waals surface area contributed by atoms with Gasteiger partial charge in [-0.05, 0) is 18.9 Å². The van der Waals surface area contributed by atoms with Gasteiger partial charge in [0.1, 0.15) is 0 Å². The van der Waals surface area contributed by atoms with Crippen LogP contribution in [-0.4, -0.2) is 10.3 Å². The third-order valence-corrected chi connectivity index (χ3v) is 2.25. The molecular formula is C9H10BrNO2. The summed E-state index contributed by atoms with van der Waals surface area (Å²) in [6.07, 6.45) is 0.821. The number of halogens is 1. The Balaban J connectivity index is 3.04. The maximum Gasteiger partial charge on any atom is 0.272 e. The number of rotatable bonds is 3. The number of hydrogen-bond donors (Lipinski definition) is 0. The van der Waals surface area contributed by atoms with E-state index in [9.17, 15) is 10.1 Å². The molecule has 70 valence electrons. The average molecular weight is 244 g/mol. The molecule has 0 atom stereocenters. The summed E-state index contributed by atoms with van der Waals surface area (Å²) in [5, 5.41) is 11.4. The van der Waals surface area contributed by atoms with Crippen LogP contribution >= 0.6 is 15.9 Å². The molecule has 0 saturated heterocycles. The third-order valence-electron chi connectivity index (χ3n) is 1.85. The van der Waals surface area contributed by atoms with E-state index in [0.29, 0.717) is 5.56 Å². The summed E-state index contributed by atoms with van der Waals surface area (Å²) in [5.41, 5.74) is 1.91. The number of nitro benzene ring substituents is 1. The normalized spacial score (nSPS) is 10.0. The molecule has 1 rings (SSSR count). The van der Waals surface area contributed by atoms with Crippen molar-refractivity contribution in [2.45, 2.75) is 13.3 Å². The molecule has 1 aromatic rings. The standard InChI is InChI=1S/C9H10BrNO2/c1-7-2-3-8(4-5-10)6-9(7)11(12)13/h2-3,6H,4-5H2,1H3. The smallest absolute Gasteiger partial charge is 0.258 e. The molecule has 13 heavy (non-hydrogen) atoms. The van der Waals surface area contributed by atoms with Crippen LogP contribution < -0.4 is 0 Å². The number of benzene rings is 1. The van der Waals surface area contributed by atoms with Gasteiger partial charge in [0.25, 0.3) is 5.69 Å². The molecule has 0 amide bonds. The number of hydrogen-bond acceptors (Lipinski definition) is 2. The second-order valence-electron chi connectivity index (χ2n) is 2.82. The van der Waals surface area contributed by atoms with Crippen molar-refractivity contribution in [2.24, 2.45) is 0 Å². The third kappa shape index (κ3) is 2.52. The van der Waals surface area contributed by atoms with Gasteiger partial charge in [-0.3, -0.25) is 10.1 Å². The minimum absolute atomic E-state index is 0.207. The number of aryl methyl sites for hydroxylation is 2. The van der Waals surface area contributed by atoms with E-state index in [-0.39, 0.29) is 10.6 Å². The predicted octanol–water partition coefficient (Wildman–Crippen LogP) is 2.84. The van der Waals surface area contributed by atoms with Crippen molar-refractivity contribution >= 4 is 21.6 Å². The van der Waals surface area contributed by atoms with Gasteiger partial charge in [0.05, 0.1) is 4.92 Å². The average Bonchev–Trinajstić information content (AvgIpc) is 2.08. The summed E-state index contributed by atoms with van der Waals surface area (Å²) in [4.78, 5) is 10.2. The predicted molar refractivity (Wildman–Crippen MR) is 55.3 cm³/mol. The Hall–Kier alpha value is -0.900. The summed E-state index contributed by atoms with van der Waals surface area (Å²) >= 11 is 3.30. The van der Waals surface area contributed by atoms with E-state index in [4.69, 9.17) is 0 Å². The summed E-state index contributed by atoms with van der Waals surface area (Å²) < 4.78 is 0. The van der Waals surface area contributed by atoms with Gasteiger partial charge in [-0.1, -0.05) is 28.1 Å². The van der Waals surface area contributed by atoms with Gasteiger partial charge in [-0.2, -0.15) is 0 Å². The van der Waals surface area contributed by atoms with Gasteiger partial charge in [0.15, 0.2) is 0 Å². The van der Waals surface area contributed by atoms with Crippen molar-refractivity contribution in [1.29, 1.82) is 0 Å². The van der Waals surface area contributed by atoms with Crippen molar-refractivity contribution in [1.82, 2.24) is 0 Å². The molecule has 0 heterocycles. The molecule has 4 heteroatoms. The molecule has 0 fully saturated rings. The highest BCUT2D eigenvalue weighted by Crippen LogP contribution is 2.19. The van der Waals surface area contributed by atoms with E-state index in [0.717, 1.165) is 17.3 Å². The SMILES string of the molecule is Cc1ccc(CCBr)cc1[N+](=O)[O-]. The van der Waals surface area contributed by atoms with E-state index in [2.05, 4.69) is 15.9 Å². The molecule has 0 radical (unpaired) electrons. The molecule has 3 nitrogen and oxygen atoms in total. The summed E-state index contributed by atoms with van der Waals surface area (Å²) in [7, 11) is 0. The Labute approximate surface area is 85.0 Å². The van der Waals surface area contributed by atoms with Crippen LogP contribution in [0.2, 0.25) is 0 Å². The van der Waals surface area contributed by atoms with Crippen LogP contribution in [0.4, 0.5) is 5.69 Å². The Bertz CT molecular complexity index is 325. The highest BCUT2D eigenvalue weighted by Gasteiger charge is 2.09. The zero-order valence-corrected chi connectivity index (χ0v) is 8.87. The van der Waals surface area contributed by atoms with Gasteiger partial charge in [-0.25, -0.2) is 0 Å². The zero-order valence-electron chi connectivity index (χ0n) is 7.29. The number of nitro groups is 1. The molecule has 0 aliphatic heterocycles. The summed E-state index contributed by atoms with van der Waals surface area (Å²) in [6.45, 7) is 1.75. The second kappa shape index (κ2) is 4.37. The van der Waals surface area contributed by atoms with Crippen LogP contribution in [0, 0.1) is 17.0 Å². The highest BCUT2D eigenvalue weighted by atomic mass is 79.9. The zero-order chi connectivity index (χ0) is 9.84. The van der Waals surface area contributed by atoms with Crippen LogP contribution in [0.15, 0.2) is 18.2 Å². The summed E-state index contributed by atoms with van der Waals surface area (Å²) in [5.74, 6) is 0. The van der Waals surface area contributed by atoms with Gasteiger partial charge < -0.3 is 0 Å². The van der Waals surface area contributed by atoms with E-state index >= 15 is 0 Å². The highest BCUT2D eigenvalue weighted by molar-refractivity contribution is 9.09. The van der Waals surface area contributed by atoms with Crippen LogP contribution in [0.1, 0.15) is 11.1 Å². The molecule has 1 aromatic carbocycles. The number of alkyl halides is 1. The molecular weight excluding hydrogens is 234 g/mol. The fraction of sp³-hybridized carbons (Fsp3) is 0.333. The molecule has 0 bridgehead atoms. The van der Waals surface area contributed by atoms with Crippen molar-refractivity contribution in [3.8, 4) is 0 Å². The van der Waals surface area contributed by atoms with Gasteiger partial charge >= 0.3 is 0 Å². The fourth-order valence-electron chi connectivity index (χ4n) is 1.12. The van der Waals surface area contributed by atoms with Gasteiger partial charge in [0, 0.05) is 17.0 Å². The molecule has 0 N–H and O–H groups in total. The van der Waals surface area contributed by atoms with E-state index in [1.54, 1.807) is 19.1 Å². The monoisotopic (exact) mass is 243 g/mol. The lowest BCUT2D eigenvalue weighted by Crippen LogP contribution is -1.94. The van der Waals surface area contributed by atoms with Crippen molar-refractivity contribution < 1.29 is 4.92 Å². The first-order valence-corrected chi connectivity index (χ1v) is 5.07. The minimum atomic E-state index is -0.340. The molecule has 0 aromatic heterocycles. The minimum Gasteiger partial charge on any atom is -0.258 e. The van der Waals surface area contributed by atoms with Crippen molar-refractivity contribution in [3.63, 3.8) is 0 Å². The van der Waals surface area contributed by atoms with Crippen LogP contribution in [-0.2, 0) is 6.42 Å². The number of nitrogens with zero attached hydrogens (tertiary/aromatic N) is 1. The largest absolute Gasteiger partial charge is 0.272 e. The van der Waals surface area contributed by atoms with E-state index in [1.165, 1.54) is 0 Å². The maximum absolute atomic E-state index is 10.6. The lowest BCUT2D eigenvalue weighted by Gasteiger charge is -2.00. The van der Waals surface area contributed by atoms with E-state index < -0.39 is 0 Å². The van der Waals surface area contributed by atoms with Gasteiger partial charge in [0.2, 0.25) is 0 Å². The van der Waals surface area contributed by atoms with Crippen molar-refractivity contribution in [2.75, 3.05) is 5.33 Å². The molecule has 0 aliphatic carbocycles. The second-order valence-corrected chi connectivity index (χ2v) is 3.61. The Morgan fingerprint density at radius 1 is 1.54 bits per heavy atom. The molecule has 0 saturated carbocycles. The Kier molecular flexibility index (Phi) is 3.42. The Morgan fingerprint density at radius 2 is 2.23 bits per heavy atom. The van der Waals surface area contributed by atoms with Crippen LogP contribution in [0.25, 0.3) is 0 Å². The first-order valence-electron chi connectivity index (χ1n) is 3.95. The molecule has 0 unspecified atom stereocenters. The van der Waals surface area contributed by atoms with Crippen LogP contribution in [0.3, 0.4) is 0 Å². The quantitative estimate of drug-likeness (QED) is 0.466. The van der Waals surface area contributed by atoms with Crippen molar-refractivity contribution in [3.05, 3.63) is 39.4 Å². The first kappa shape index (κ1) is 10.2. The maximum atomic E-state index is 10.6. The lowest BCUT2D eigenvalue weighted by atomic mass is 10.1. The van der Waals surface area contributed by atoms with Gasteiger partial charge in [-0.15, -0.1) is 0 Å². The van der Waals surface area contributed by atoms with Crippen LogP contribution in [0.5, 0.6) is 0 Å². The topological polar surface area (TPSA) is 43.1 Å². The molecule has 0 spiro atoms. The molecule has 0 aliphatic rings. The van der Waals surface area contributed by atoms with E-state index in [1.807, 2.05) is 6.07 Å². The first-order chi connectivity index (χ1) is 6.15. The summed E-state index contributed by atoms with van der Waals surface area (Å²) in [6, 6.07) is 5.34.